The van der Waals surface area contributed by atoms with Gasteiger partial charge >= 0.3 is 0 Å². The third kappa shape index (κ3) is 3.02. The van der Waals surface area contributed by atoms with E-state index in [4.69, 9.17) is 4.74 Å². The molecule has 1 aliphatic carbocycles. The van der Waals surface area contributed by atoms with Crippen molar-refractivity contribution in [3.05, 3.63) is 15.6 Å². The van der Waals surface area contributed by atoms with Crippen molar-refractivity contribution in [3.8, 4) is 0 Å². The van der Waals surface area contributed by atoms with Crippen molar-refractivity contribution in [3.63, 3.8) is 0 Å². The second-order valence-corrected chi connectivity index (χ2v) is 7.16. The molecule has 1 aliphatic rings. The average Bonchev–Trinajstić information content (AvgIpc) is 2.40. The lowest BCUT2D eigenvalue weighted by Gasteiger charge is -2.41. The van der Waals surface area contributed by atoms with E-state index in [1.165, 1.54) is 0 Å². The molecule has 1 heterocycles. The quantitative estimate of drug-likeness (QED) is 0.821. The van der Waals surface area contributed by atoms with E-state index in [-0.39, 0.29) is 5.60 Å². The first kappa shape index (κ1) is 15.0. The first-order valence-corrected chi connectivity index (χ1v) is 7.76. The van der Waals surface area contributed by atoms with Crippen molar-refractivity contribution in [1.29, 1.82) is 0 Å². The van der Waals surface area contributed by atoms with Crippen LogP contribution in [0.4, 0.5) is 5.82 Å². The molecule has 1 saturated carbocycles. The predicted molar refractivity (Wildman–Crippen MR) is 85.2 cm³/mol. The Morgan fingerprint density at radius 1 is 1.26 bits per heavy atom. The fourth-order valence-corrected chi connectivity index (χ4v) is 3.14. The van der Waals surface area contributed by atoms with Crippen LogP contribution in [0, 0.1) is 8.99 Å². The van der Waals surface area contributed by atoms with Gasteiger partial charge in [-0.3, -0.25) is 0 Å². The average molecular weight is 375 g/mol. The summed E-state index contributed by atoms with van der Waals surface area (Å²) in [5, 5.41) is 3.12. The highest BCUT2D eigenvalue weighted by molar-refractivity contribution is 14.1. The molecule has 0 bridgehead atoms. The molecule has 1 N–H and O–H groups in total. The van der Waals surface area contributed by atoms with Crippen LogP contribution >= 0.6 is 22.6 Å². The molecule has 2 rings (SSSR count). The summed E-state index contributed by atoms with van der Waals surface area (Å²) in [6.45, 7) is 4.64. The van der Waals surface area contributed by atoms with Crippen molar-refractivity contribution in [1.82, 2.24) is 9.97 Å². The molecule has 4 nitrogen and oxygen atoms in total. The van der Waals surface area contributed by atoms with E-state index in [1.807, 2.05) is 13.2 Å². The number of rotatable bonds is 3. The fraction of sp³-hybridized carbons (Fsp3) is 0.714. The topological polar surface area (TPSA) is 47.0 Å². The van der Waals surface area contributed by atoms with Gasteiger partial charge in [-0.25, -0.2) is 9.97 Å². The Labute approximate surface area is 128 Å². The fourth-order valence-electron chi connectivity index (χ4n) is 2.61. The van der Waals surface area contributed by atoms with Gasteiger partial charge in [0.1, 0.15) is 11.4 Å². The monoisotopic (exact) mass is 375 g/mol. The van der Waals surface area contributed by atoms with Crippen LogP contribution in [0.25, 0.3) is 0 Å². The SMILES string of the molecule is CNc1nc(C2(OC)CCC(C)(C)CC2)ncc1I. The first-order valence-electron chi connectivity index (χ1n) is 6.68. The van der Waals surface area contributed by atoms with E-state index >= 15 is 0 Å². The summed E-state index contributed by atoms with van der Waals surface area (Å²) in [5.74, 6) is 1.70. The second-order valence-electron chi connectivity index (χ2n) is 6.00. The molecule has 1 aromatic heterocycles. The van der Waals surface area contributed by atoms with Crippen molar-refractivity contribution in [2.24, 2.45) is 5.41 Å². The summed E-state index contributed by atoms with van der Waals surface area (Å²) in [7, 11) is 3.66. The van der Waals surface area contributed by atoms with Crippen molar-refractivity contribution in [2.45, 2.75) is 45.1 Å². The first-order chi connectivity index (χ1) is 8.92. The number of methoxy groups -OCH3 is 1. The molecule has 0 atom stereocenters. The molecule has 0 radical (unpaired) electrons. The minimum absolute atomic E-state index is 0.314. The third-order valence-corrected chi connectivity index (χ3v) is 4.98. The number of nitrogens with one attached hydrogen (secondary N) is 1. The predicted octanol–water partition coefficient (Wildman–Crippen LogP) is 3.56. The normalized spacial score (nSPS) is 21.1. The van der Waals surface area contributed by atoms with Crippen molar-refractivity contribution < 1.29 is 4.74 Å². The molecule has 5 heteroatoms. The van der Waals surface area contributed by atoms with Crippen molar-refractivity contribution >= 4 is 28.4 Å². The van der Waals surface area contributed by atoms with Crippen LogP contribution in [0.3, 0.4) is 0 Å². The van der Waals surface area contributed by atoms with Crippen LogP contribution in [0.5, 0.6) is 0 Å². The Morgan fingerprint density at radius 3 is 2.42 bits per heavy atom. The number of anilines is 1. The van der Waals surface area contributed by atoms with E-state index < -0.39 is 0 Å². The summed E-state index contributed by atoms with van der Waals surface area (Å²) in [4.78, 5) is 9.17. The molecule has 0 unspecified atom stereocenters. The standard InChI is InChI=1S/C14H22IN3O/c1-13(2)5-7-14(19-4,8-6-13)12-17-9-10(15)11(16-3)18-12/h9H,5-8H2,1-4H3,(H,16,17,18). The molecule has 0 aromatic carbocycles. The Bertz CT molecular complexity index is 452. The van der Waals surface area contributed by atoms with Crippen LogP contribution in [0.1, 0.15) is 45.4 Å². The number of halogens is 1. The van der Waals surface area contributed by atoms with Gasteiger partial charge in [0.05, 0.1) is 3.57 Å². The van der Waals surface area contributed by atoms with Gasteiger partial charge in [0.15, 0.2) is 5.82 Å². The number of hydrogen-bond donors (Lipinski definition) is 1. The van der Waals surface area contributed by atoms with E-state index in [1.54, 1.807) is 7.11 Å². The Hall–Kier alpha value is -0.430. The maximum absolute atomic E-state index is 5.84. The van der Waals surface area contributed by atoms with Crippen LogP contribution in [0.2, 0.25) is 0 Å². The van der Waals surface area contributed by atoms with Gasteiger partial charge in [-0.2, -0.15) is 0 Å². The summed E-state index contributed by atoms with van der Waals surface area (Å²) in [6.07, 6.45) is 6.13. The summed E-state index contributed by atoms with van der Waals surface area (Å²) >= 11 is 2.24. The molecule has 0 saturated heterocycles. The van der Waals surface area contributed by atoms with E-state index in [2.05, 4.69) is 51.7 Å². The van der Waals surface area contributed by atoms with Crippen LogP contribution in [-0.2, 0) is 10.3 Å². The largest absolute Gasteiger partial charge is 0.372 e. The second kappa shape index (κ2) is 5.52. The lowest BCUT2D eigenvalue weighted by atomic mass is 9.70. The smallest absolute Gasteiger partial charge is 0.162 e. The molecule has 0 spiro atoms. The van der Waals surface area contributed by atoms with Crippen LogP contribution in [-0.4, -0.2) is 24.1 Å². The zero-order valence-corrected chi connectivity index (χ0v) is 14.2. The van der Waals surface area contributed by atoms with Gasteiger partial charge < -0.3 is 10.1 Å². The number of nitrogens with zero attached hydrogens (tertiary/aromatic N) is 2. The van der Waals surface area contributed by atoms with Crippen molar-refractivity contribution in [2.75, 3.05) is 19.5 Å². The minimum Gasteiger partial charge on any atom is -0.372 e. The Kier molecular flexibility index (Phi) is 4.35. The molecule has 19 heavy (non-hydrogen) atoms. The molecule has 0 aliphatic heterocycles. The van der Waals surface area contributed by atoms with E-state index in [9.17, 15) is 0 Å². The lowest BCUT2D eigenvalue weighted by Crippen LogP contribution is -2.38. The third-order valence-electron chi connectivity index (χ3n) is 4.19. The number of aromatic nitrogens is 2. The minimum atomic E-state index is -0.314. The molecule has 1 fully saturated rings. The van der Waals surface area contributed by atoms with E-state index in [0.29, 0.717) is 5.41 Å². The highest BCUT2D eigenvalue weighted by atomic mass is 127. The maximum Gasteiger partial charge on any atom is 0.162 e. The van der Waals surface area contributed by atoms with Gasteiger partial charge in [0.2, 0.25) is 0 Å². The zero-order valence-electron chi connectivity index (χ0n) is 12.1. The Balaban J connectivity index is 2.32. The van der Waals surface area contributed by atoms with Gasteiger partial charge in [0, 0.05) is 20.4 Å². The molecule has 106 valence electrons. The van der Waals surface area contributed by atoms with Crippen LogP contribution < -0.4 is 5.32 Å². The molecular formula is C14H22IN3O. The van der Waals surface area contributed by atoms with Gasteiger partial charge in [-0.15, -0.1) is 0 Å². The number of hydrogen-bond acceptors (Lipinski definition) is 4. The van der Waals surface area contributed by atoms with Gasteiger partial charge in [0.25, 0.3) is 0 Å². The zero-order chi connectivity index (χ0) is 14.1. The Morgan fingerprint density at radius 2 is 1.89 bits per heavy atom. The summed E-state index contributed by atoms with van der Waals surface area (Å²) in [6, 6.07) is 0. The molecule has 1 aromatic rings. The summed E-state index contributed by atoms with van der Waals surface area (Å²) < 4.78 is 6.88. The van der Waals surface area contributed by atoms with Crippen LogP contribution in [0.15, 0.2) is 6.20 Å². The molecule has 0 amide bonds. The highest BCUT2D eigenvalue weighted by Gasteiger charge is 2.42. The van der Waals surface area contributed by atoms with E-state index in [0.717, 1.165) is 40.9 Å². The van der Waals surface area contributed by atoms with Gasteiger partial charge in [-0.05, 0) is 53.7 Å². The summed E-state index contributed by atoms with van der Waals surface area (Å²) in [5.41, 5.74) is 0.0858. The lowest BCUT2D eigenvalue weighted by molar-refractivity contribution is -0.0728. The number of ether oxygens (including phenoxy) is 1. The maximum atomic E-state index is 5.84. The highest BCUT2D eigenvalue weighted by Crippen LogP contribution is 2.46. The van der Waals surface area contributed by atoms with Gasteiger partial charge in [-0.1, -0.05) is 13.8 Å². The molecular weight excluding hydrogens is 353 g/mol.